The fourth-order valence-electron chi connectivity index (χ4n) is 2.24. The molecule has 0 bridgehead atoms. The van der Waals surface area contributed by atoms with Crippen LogP contribution in [0.5, 0.6) is 11.5 Å². The number of phenols is 1. The van der Waals surface area contributed by atoms with Gasteiger partial charge in [0.05, 0.1) is 18.2 Å². The van der Waals surface area contributed by atoms with Crippen molar-refractivity contribution in [3.05, 3.63) is 45.7 Å². The monoisotopic (exact) mass is 346 g/mol. The van der Waals surface area contributed by atoms with Crippen molar-refractivity contribution in [1.82, 2.24) is 15.3 Å². The number of aryl methyl sites for hydroxylation is 1. The Balaban J connectivity index is 2.38. The van der Waals surface area contributed by atoms with Gasteiger partial charge >= 0.3 is 5.69 Å². The highest BCUT2D eigenvalue weighted by atomic mass is 16.6. The van der Waals surface area contributed by atoms with Crippen molar-refractivity contribution < 1.29 is 28.6 Å². The number of ether oxygens (including phenoxy) is 1. The van der Waals surface area contributed by atoms with Crippen molar-refractivity contribution in [3.8, 4) is 22.9 Å². The second-order valence-corrected chi connectivity index (χ2v) is 4.80. The van der Waals surface area contributed by atoms with E-state index >= 15 is 0 Å². The zero-order chi connectivity index (χ0) is 18.1. The third-order valence-corrected chi connectivity index (χ3v) is 3.30. The standard InChI is InChI=1S/C14H10N4O7/c1-6-16-14(17-24-6)7-5-9(23-2)13(20)11(18(21)22)10(7)12(19)8-3-4-15-25-8/h3-5,20H,1-2H3. The summed E-state index contributed by atoms with van der Waals surface area (Å²) in [6.45, 7) is 1.51. The SMILES string of the molecule is COc1cc(-c2noc(C)n2)c(C(=O)c2ccno2)c([N+](=O)[O-])c1O. The first kappa shape index (κ1) is 16.1. The second kappa shape index (κ2) is 6.03. The molecule has 0 aliphatic rings. The van der Waals surface area contributed by atoms with Crippen LogP contribution in [-0.4, -0.2) is 38.2 Å². The first-order valence-corrected chi connectivity index (χ1v) is 6.78. The number of nitro groups is 1. The van der Waals surface area contributed by atoms with E-state index in [1.165, 1.54) is 32.4 Å². The minimum absolute atomic E-state index is 0.0559. The molecular weight excluding hydrogens is 336 g/mol. The fraction of sp³-hybridized carbons (Fsp3) is 0.143. The van der Waals surface area contributed by atoms with Gasteiger partial charge in [0.1, 0.15) is 5.56 Å². The lowest BCUT2D eigenvalue weighted by Gasteiger charge is -2.10. The summed E-state index contributed by atoms with van der Waals surface area (Å²) in [5.41, 5.74) is -1.39. The van der Waals surface area contributed by atoms with Gasteiger partial charge in [-0.2, -0.15) is 4.98 Å². The van der Waals surface area contributed by atoms with Gasteiger partial charge in [0, 0.05) is 18.6 Å². The summed E-state index contributed by atoms with van der Waals surface area (Å²) < 4.78 is 14.6. The molecule has 11 nitrogen and oxygen atoms in total. The summed E-state index contributed by atoms with van der Waals surface area (Å²) in [5.74, 6) is -2.06. The Bertz CT molecular complexity index is 962. The number of aromatic hydroxyl groups is 1. The lowest BCUT2D eigenvalue weighted by molar-refractivity contribution is -0.386. The topological polar surface area (TPSA) is 155 Å². The number of methoxy groups -OCH3 is 1. The predicted molar refractivity (Wildman–Crippen MR) is 79.3 cm³/mol. The second-order valence-electron chi connectivity index (χ2n) is 4.80. The Labute approximate surface area is 139 Å². The smallest absolute Gasteiger partial charge is 0.326 e. The van der Waals surface area contributed by atoms with E-state index in [2.05, 4.69) is 15.3 Å². The molecule has 3 aromatic rings. The first-order chi connectivity index (χ1) is 11.9. The molecule has 1 aromatic carbocycles. The summed E-state index contributed by atoms with van der Waals surface area (Å²) in [5, 5.41) is 28.7. The number of rotatable bonds is 5. The lowest BCUT2D eigenvalue weighted by Crippen LogP contribution is -2.09. The third-order valence-electron chi connectivity index (χ3n) is 3.30. The predicted octanol–water partition coefficient (Wildman–Crippen LogP) is 1.89. The summed E-state index contributed by atoms with van der Waals surface area (Å²) in [4.78, 5) is 27.3. The number of ketones is 1. The number of carbonyl (C=O) groups is 1. The van der Waals surface area contributed by atoms with Crippen LogP contribution in [0.4, 0.5) is 5.69 Å². The van der Waals surface area contributed by atoms with Crippen molar-refractivity contribution in [2.45, 2.75) is 6.92 Å². The molecular formula is C14H10N4O7. The molecule has 2 heterocycles. The van der Waals surface area contributed by atoms with Gasteiger partial charge in [-0.15, -0.1) is 0 Å². The molecule has 0 saturated heterocycles. The molecule has 128 valence electrons. The Kier molecular flexibility index (Phi) is 3.89. The van der Waals surface area contributed by atoms with Crippen molar-refractivity contribution in [2.75, 3.05) is 7.11 Å². The van der Waals surface area contributed by atoms with Gasteiger partial charge in [-0.1, -0.05) is 10.3 Å². The van der Waals surface area contributed by atoms with Crippen LogP contribution >= 0.6 is 0 Å². The highest BCUT2D eigenvalue weighted by molar-refractivity contribution is 6.14. The lowest BCUT2D eigenvalue weighted by atomic mass is 9.98. The molecule has 0 unspecified atom stereocenters. The van der Waals surface area contributed by atoms with E-state index in [1.807, 2.05) is 0 Å². The van der Waals surface area contributed by atoms with E-state index in [9.17, 15) is 20.0 Å². The van der Waals surface area contributed by atoms with Crippen molar-refractivity contribution in [2.24, 2.45) is 0 Å². The molecule has 0 saturated carbocycles. The van der Waals surface area contributed by atoms with Gasteiger partial charge in [0.15, 0.2) is 5.75 Å². The van der Waals surface area contributed by atoms with Crippen LogP contribution in [0.2, 0.25) is 0 Å². The summed E-state index contributed by atoms with van der Waals surface area (Å²) in [6.07, 6.45) is 1.21. The van der Waals surface area contributed by atoms with Gasteiger partial charge in [0.2, 0.25) is 29.0 Å². The van der Waals surface area contributed by atoms with Gasteiger partial charge in [-0.05, 0) is 6.07 Å². The molecule has 0 amide bonds. The summed E-state index contributed by atoms with van der Waals surface area (Å²) in [7, 11) is 1.21. The van der Waals surface area contributed by atoms with Crippen LogP contribution < -0.4 is 4.74 Å². The average Bonchev–Trinajstić information content (AvgIpc) is 3.25. The average molecular weight is 346 g/mol. The number of nitro benzene ring substituents is 1. The summed E-state index contributed by atoms with van der Waals surface area (Å²) >= 11 is 0. The molecule has 25 heavy (non-hydrogen) atoms. The molecule has 3 rings (SSSR count). The van der Waals surface area contributed by atoms with Crippen molar-refractivity contribution in [3.63, 3.8) is 0 Å². The number of carbonyl (C=O) groups excluding carboxylic acids is 1. The quantitative estimate of drug-likeness (QED) is 0.411. The maximum atomic E-state index is 12.7. The van der Waals surface area contributed by atoms with Crippen molar-refractivity contribution in [1.29, 1.82) is 0 Å². The maximum absolute atomic E-state index is 12.7. The Morgan fingerprint density at radius 1 is 1.40 bits per heavy atom. The molecule has 0 aliphatic carbocycles. The van der Waals surface area contributed by atoms with Gasteiger partial charge in [-0.25, -0.2) is 0 Å². The molecule has 11 heteroatoms. The molecule has 0 aliphatic heterocycles. The van der Waals surface area contributed by atoms with Crippen molar-refractivity contribution >= 4 is 11.5 Å². The van der Waals surface area contributed by atoms with E-state index in [1.54, 1.807) is 0 Å². The van der Waals surface area contributed by atoms with Gasteiger partial charge < -0.3 is 18.9 Å². The van der Waals surface area contributed by atoms with Gasteiger partial charge in [-0.3, -0.25) is 14.9 Å². The molecule has 0 fully saturated rings. The molecule has 0 radical (unpaired) electrons. The molecule has 0 spiro atoms. The minimum Gasteiger partial charge on any atom is -0.499 e. The first-order valence-electron chi connectivity index (χ1n) is 6.78. The fourth-order valence-corrected chi connectivity index (χ4v) is 2.24. The number of hydrogen-bond donors (Lipinski definition) is 1. The van der Waals surface area contributed by atoms with Crippen LogP contribution in [0.25, 0.3) is 11.4 Å². The van der Waals surface area contributed by atoms with Crippen LogP contribution in [0, 0.1) is 17.0 Å². The highest BCUT2D eigenvalue weighted by Gasteiger charge is 2.35. The maximum Gasteiger partial charge on any atom is 0.326 e. The Hall–Kier alpha value is -3.76. The largest absolute Gasteiger partial charge is 0.499 e. The number of nitrogens with zero attached hydrogens (tertiary/aromatic N) is 4. The molecule has 2 aromatic heterocycles. The number of benzene rings is 1. The Morgan fingerprint density at radius 3 is 2.68 bits per heavy atom. The third kappa shape index (κ3) is 2.67. The zero-order valence-corrected chi connectivity index (χ0v) is 12.9. The normalized spacial score (nSPS) is 10.6. The highest BCUT2D eigenvalue weighted by Crippen LogP contribution is 2.44. The van der Waals surface area contributed by atoms with Crippen LogP contribution in [0.3, 0.4) is 0 Å². The van der Waals surface area contributed by atoms with E-state index in [0.29, 0.717) is 0 Å². The Morgan fingerprint density at radius 2 is 2.16 bits per heavy atom. The number of phenolic OH excluding ortho intramolecular Hbond substituents is 1. The minimum atomic E-state index is -0.905. The zero-order valence-electron chi connectivity index (χ0n) is 12.9. The number of aromatic nitrogens is 3. The van der Waals surface area contributed by atoms with Gasteiger partial charge in [0.25, 0.3) is 0 Å². The van der Waals surface area contributed by atoms with E-state index < -0.39 is 27.7 Å². The van der Waals surface area contributed by atoms with Crippen LogP contribution in [0.15, 0.2) is 27.4 Å². The molecule has 0 atom stereocenters. The van der Waals surface area contributed by atoms with Crippen LogP contribution in [-0.2, 0) is 0 Å². The van der Waals surface area contributed by atoms with Crippen LogP contribution in [0.1, 0.15) is 22.0 Å². The van der Waals surface area contributed by atoms with E-state index in [4.69, 9.17) is 13.8 Å². The number of hydrogen-bond acceptors (Lipinski definition) is 10. The molecule has 1 N–H and O–H groups in total. The van der Waals surface area contributed by atoms with E-state index in [-0.39, 0.29) is 28.8 Å². The van der Waals surface area contributed by atoms with E-state index in [0.717, 1.165) is 0 Å². The summed E-state index contributed by atoms with van der Waals surface area (Å²) in [6, 6.07) is 2.44.